The Morgan fingerprint density at radius 1 is 1.37 bits per heavy atom. The summed E-state index contributed by atoms with van der Waals surface area (Å²) in [6.45, 7) is 9.66. The Morgan fingerprint density at radius 3 is 2.69 bits per heavy atom. The monoisotopic (exact) mass is 504 g/mol. The summed E-state index contributed by atoms with van der Waals surface area (Å²) in [7, 11) is 0. The van der Waals surface area contributed by atoms with Crippen molar-refractivity contribution in [3.8, 4) is 0 Å². The van der Waals surface area contributed by atoms with E-state index in [0.717, 1.165) is 5.56 Å². The number of para-hydroxylation sites is 1. The van der Waals surface area contributed by atoms with Crippen LogP contribution in [-0.2, 0) is 19.1 Å². The van der Waals surface area contributed by atoms with Gasteiger partial charge in [0.1, 0.15) is 17.6 Å². The lowest BCUT2D eigenvalue weighted by Gasteiger charge is -2.37. The third-order valence-electron chi connectivity index (χ3n) is 8.16. The molecule has 1 aromatic carbocycles. The van der Waals surface area contributed by atoms with Crippen molar-refractivity contribution >= 4 is 35.1 Å². The lowest BCUT2D eigenvalue weighted by Crippen LogP contribution is -2.57. The number of aliphatic hydroxyl groups excluding tert-OH is 1. The Hall–Kier alpha value is -2.42. The molecule has 3 heterocycles. The number of aliphatic hydroxyl groups is 1. The topological polar surface area (TPSA) is 107 Å². The predicted octanol–water partition coefficient (Wildman–Crippen LogP) is 3.04. The zero-order chi connectivity index (χ0) is 25.7. The van der Waals surface area contributed by atoms with Crippen LogP contribution in [0.3, 0.4) is 0 Å². The zero-order valence-electron chi connectivity index (χ0n) is 20.4. The molecule has 0 saturated carbocycles. The molecule has 0 aliphatic carbocycles. The number of hydrogen-bond donors (Lipinski definition) is 2. The number of fused-ring (bicyclic) bond motifs is 1. The van der Waals surface area contributed by atoms with Crippen LogP contribution in [0.5, 0.6) is 0 Å². The number of hydrogen-bond acceptors (Lipinski definition) is 5. The Kier molecular flexibility index (Phi) is 6.76. The zero-order valence-corrected chi connectivity index (χ0v) is 21.1. The second kappa shape index (κ2) is 9.22. The number of aryl methyl sites for hydroxylation is 1. The summed E-state index contributed by atoms with van der Waals surface area (Å²) in [4.78, 5) is 43.6. The number of likely N-dealkylation sites (tertiary alicyclic amines) is 1. The Balaban J connectivity index is 1.85. The van der Waals surface area contributed by atoms with Crippen LogP contribution in [0.15, 0.2) is 30.9 Å². The van der Waals surface area contributed by atoms with Crippen LogP contribution >= 0.6 is 11.6 Å². The van der Waals surface area contributed by atoms with Gasteiger partial charge in [0.2, 0.25) is 5.91 Å². The van der Waals surface area contributed by atoms with Crippen molar-refractivity contribution in [1.29, 1.82) is 0 Å². The molecule has 190 valence electrons. The van der Waals surface area contributed by atoms with Gasteiger partial charge in [-0.05, 0) is 50.7 Å². The fourth-order valence-corrected chi connectivity index (χ4v) is 6.89. The van der Waals surface area contributed by atoms with Crippen LogP contribution in [0.2, 0.25) is 5.02 Å². The summed E-state index contributed by atoms with van der Waals surface area (Å²) in [5, 5.41) is 19.8. The van der Waals surface area contributed by atoms with Crippen molar-refractivity contribution in [2.75, 3.05) is 24.6 Å². The highest BCUT2D eigenvalue weighted by Crippen LogP contribution is 2.65. The van der Waals surface area contributed by atoms with Crippen molar-refractivity contribution in [3.63, 3.8) is 0 Å². The lowest BCUT2D eigenvalue weighted by atomic mass is 9.62. The molecule has 1 spiro atoms. The Labute approximate surface area is 210 Å². The van der Waals surface area contributed by atoms with Gasteiger partial charge in [0.25, 0.3) is 5.91 Å². The van der Waals surface area contributed by atoms with Gasteiger partial charge in [0.15, 0.2) is 0 Å². The van der Waals surface area contributed by atoms with Crippen LogP contribution in [0.25, 0.3) is 0 Å². The minimum Gasteiger partial charge on any atom is -0.481 e. The maximum Gasteiger partial charge on any atom is 0.310 e. The highest BCUT2D eigenvalue weighted by atomic mass is 35.5. The van der Waals surface area contributed by atoms with Crippen LogP contribution in [0, 0.1) is 24.7 Å². The number of aliphatic carboxylic acids is 1. The van der Waals surface area contributed by atoms with Crippen LogP contribution in [-0.4, -0.2) is 69.8 Å². The molecular weight excluding hydrogens is 472 g/mol. The predicted molar refractivity (Wildman–Crippen MR) is 131 cm³/mol. The summed E-state index contributed by atoms with van der Waals surface area (Å²) in [6, 6.07) is 4.34. The van der Waals surface area contributed by atoms with Crippen LogP contribution in [0.1, 0.15) is 38.7 Å². The molecule has 6 atom stereocenters. The number of rotatable bonds is 9. The molecule has 3 saturated heterocycles. The third kappa shape index (κ3) is 3.69. The van der Waals surface area contributed by atoms with Crippen molar-refractivity contribution in [1.82, 2.24) is 4.90 Å². The molecule has 3 unspecified atom stereocenters. The van der Waals surface area contributed by atoms with Gasteiger partial charge in [-0.1, -0.05) is 36.7 Å². The number of carboxylic acids is 1. The lowest BCUT2D eigenvalue weighted by molar-refractivity contribution is -0.156. The van der Waals surface area contributed by atoms with E-state index in [-0.39, 0.29) is 37.4 Å². The first kappa shape index (κ1) is 25.7. The number of carbonyl (C=O) groups is 3. The second-order valence-electron chi connectivity index (χ2n) is 10.1. The van der Waals surface area contributed by atoms with E-state index in [1.54, 1.807) is 25.1 Å². The molecule has 2 bridgehead atoms. The van der Waals surface area contributed by atoms with E-state index in [2.05, 4.69) is 6.58 Å². The van der Waals surface area contributed by atoms with Crippen molar-refractivity contribution in [2.24, 2.45) is 17.8 Å². The van der Waals surface area contributed by atoms with E-state index in [1.165, 1.54) is 9.80 Å². The fraction of sp³-hybridized carbons (Fsp3) is 0.577. The second-order valence-corrected chi connectivity index (χ2v) is 10.6. The largest absolute Gasteiger partial charge is 0.481 e. The molecule has 8 nitrogen and oxygen atoms in total. The van der Waals surface area contributed by atoms with Gasteiger partial charge >= 0.3 is 5.97 Å². The molecule has 0 radical (unpaired) electrons. The van der Waals surface area contributed by atoms with Gasteiger partial charge in [0, 0.05) is 19.7 Å². The number of carboxylic acid groups (broad SMARTS) is 1. The van der Waals surface area contributed by atoms with Crippen molar-refractivity contribution < 1.29 is 29.3 Å². The number of nitrogens with zero attached hydrogens (tertiary/aromatic N) is 2. The first-order valence-corrected chi connectivity index (χ1v) is 12.4. The van der Waals surface area contributed by atoms with Gasteiger partial charge in [-0.2, -0.15) is 0 Å². The number of ether oxygens (including phenoxy) is 1. The molecule has 9 heteroatoms. The van der Waals surface area contributed by atoms with E-state index in [1.807, 2.05) is 19.9 Å². The number of carbonyl (C=O) groups excluding carboxylic acids is 2. The summed E-state index contributed by atoms with van der Waals surface area (Å²) < 4.78 is 6.52. The molecule has 4 rings (SSSR count). The normalized spacial score (nSPS) is 33.2. The number of unbranched alkanes of at least 4 members (excludes halogenated alkanes) is 1. The Bertz CT molecular complexity index is 1040. The average Bonchev–Trinajstić information content (AvgIpc) is 3.30. The summed E-state index contributed by atoms with van der Waals surface area (Å²) in [5.74, 6) is -4.00. The van der Waals surface area contributed by atoms with E-state index in [4.69, 9.17) is 16.3 Å². The highest BCUT2D eigenvalue weighted by Gasteiger charge is 2.80. The third-order valence-corrected chi connectivity index (χ3v) is 8.46. The van der Waals surface area contributed by atoms with E-state index < -0.39 is 35.0 Å². The maximum atomic E-state index is 14.4. The molecule has 0 aromatic heterocycles. The van der Waals surface area contributed by atoms with Crippen molar-refractivity contribution in [2.45, 2.75) is 57.3 Å². The van der Waals surface area contributed by atoms with Gasteiger partial charge in [-0.25, -0.2) is 0 Å². The van der Waals surface area contributed by atoms with Gasteiger partial charge in [-0.15, -0.1) is 6.58 Å². The molecule has 3 fully saturated rings. The number of anilines is 1. The van der Waals surface area contributed by atoms with Gasteiger partial charge in [-0.3, -0.25) is 14.4 Å². The molecule has 3 aliphatic heterocycles. The fourth-order valence-electron chi connectivity index (χ4n) is 6.56. The average molecular weight is 505 g/mol. The summed E-state index contributed by atoms with van der Waals surface area (Å²) in [5.41, 5.74) is -0.980. The van der Waals surface area contributed by atoms with E-state index in [9.17, 15) is 24.6 Å². The number of halogens is 1. The first-order chi connectivity index (χ1) is 16.5. The smallest absolute Gasteiger partial charge is 0.310 e. The molecule has 3 aliphatic rings. The quantitative estimate of drug-likeness (QED) is 0.395. The standard InChI is InChI=1S/C26H33ClN2O6/c1-5-11-28(20-15(2)9-8-10-17(20)27)23(32)21-26-14-16(3)25(4,35-26)19(24(33)34)18(26)22(31)29(21)12-6-7-13-30/h5,8-10,16,18-19,21,30H,1,6-7,11-14H2,2-4H3,(H,33,34)/t16?,18-,19+,21?,25-,26?/m0/s1. The first-order valence-electron chi connectivity index (χ1n) is 12.1. The van der Waals surface area contributed by atoms with Crippen molar-refractivity contribution in [3.05, 3.63) is 41.4 Å². The van der Waals surface area contributed by atoms with Crippen LogP contribution < -0.4 is 4.90 Å². The maximum absolute atomic E-state index is 14.4. The molecule has 2 amide bonds. The number of benzene rings is 1. The minimum atomic E-state index is -1.25. The van der Waals surface area contributed by atoms with Crippen LogP contribution in [0.4, 0.5) is 5.69 Å². The van der Waals surface area contributed by atoms with Gasteiger partial charge in [0.05, 0.1) is 22.2 Å². The van der Waals surface area contributed by atoms with Gasteiger partial charge < -0.3 is 24.7 Å². The molecular formula is C26H33ClN2O6. The summed E-state index contributed by atoms with van der Waals surface area (Å²) >= 11 is 6.53. The highest BCUT2D eigenvalue weighted by molar-refractivity contribution is 6.34. The number of amides is 2. The van der Waals surface area contributed by atoms with E-state index >= 15 is 0 Å². The Morgan fingerprint density at radius 2 is 2.09 bits per heavy atom. The van der Waals surface area contributed by atoms with E-state index in [0.29, 0.717) is 30.0 Å². The summed E-state index contributed by atoms with van der Waals surface area (Å²) in [6.07, 6.45) is 2.94. The minimum absolute atomic E-state index is 0.0417. The molecule has 1 aromatic rings. The SMILES string of the molecule is C=CCN(C(=O)C1N(CCCCO)C(=O)[C@@H]2[C@H](C(=O)O)[C@@]3(C)OC12CC3C)c1c(C)cccc1Cl. The molecule has 2 N–H and O–H groups in total. The molecule has 35 heavy (non-hydrogen) atoms.